The normalized spacial score (nSPS) is 10.5. The number of ether oxygens (including phenoxy) is 3. The summed E-state index contributed by atoms with van der Waals surface area (Å²) in [5.74, 6) is 0.798. The summed E-state index contributed by atoms with van der Waals surface area (Å²) >= 11 is 0. The van der Waals surface area contributed by atoms with Crippen molar-refractivity contribution in [1.29, 1.82) is 5.26 Å². The number of methoxy groups -OCH3 is 2. The van der Waals surface area contributed by atoms with Crippen LogP contribution in [0.5, 0.6) is 17.2 Å². The minimum absolute atomic E-state index is 0.107. The lowest BCUT2D eigenvalue weighted by Crippen LogP contribution is -2.20. The number of amides is 1. The first-order valence-corrected chi connectivity index (χ1v) is 8.72. The Kier molecular flexibility index (Phi) is 8.02. The number of benzene rings is 2. The van der Waals surface area contributed by atoms with Gasteiger partial charge in [-0.15, -0.1) is 0 Å². The summed E-state index contributed by atoms with van der Waals surface area (Å²) in [4.78, 5) is 22.6. The number of nitro benzene ring substituents is 1. The van der Waals surface area contributed by atoms with Crippen LogP contribution in [0.2, 0.25) is 0 Å². The van der Waals surface area contributed by atoms with Gasteiger partial charge in [0.25, 0.3) is 11.6 Å². The number of hydrogen-bond donors (Lipinski definition) is 2. The Bertz CT molecular complexity index is 966. The molecule has 0 aromatic heterocycles. The van der Waals surface area contributed by atoms with Crippen molar-refractivity contribution in [3.8, 4) is 23.3 Å². The largest absolute Gasteiger partial charge is 0.497 e. The summed E-state index contributed by atoms with van der Waals surface area (Å²) in [7, 11) is 2.90. The van der Waals surface area contributed by atoms with Gasteiger partial charge in [0.05, 0.1) is 30.9 Å². The number of carbonyl (C=O) groups is 1. The fraction of sp³-hybridized carbons (Fsp3) is 0.200. The van der Waals surface area contributed by atoms with Crippen LogP contribution in [0.15, 0.2) is 54.2 Å². The molecular weight excluding hydrogens is 392 g/mol. The van der Waals surface area contributed by atoms with Gasteiger partial charge in [0.1, 0.15) is 35.5 Å². The van der Waals surface area contributed by atoms with Crippen LogP contribution in [0.25, 0.3) is 0 Å². The maximum Gasteiger partial charge on any atom is 0.273 e. The summed E-state index contributed by atoms with van der Waals surface area (Å²) < 4.78 is 15.7. The van der Waals surface area contributed by atoms with E-state index in [0.29, 0.717) is 18.9 Å². The van der Waals surface area contributed by atoms with Gasteiger partial charge in [0.15, 0.2) is 0 Å². The van der Waals surface area contributed by atoms with Crippen molar-refractivity contribution in [1.82, 2.24) is 5.32 Å². The molecule has 2 aromatic carbocycles. The molecule has 2 N–H and O–H groups in total. The Morgan fingerprint density at radius 3 is 2.47 bits per heavy atom. The maximum absolute atomic E-state index is 12.3. The predicted molar refractivity (Wildman–Crippen MR) is 108 cm³/mol. The van der Waals surface area contributed by atoms with Crippen LogP contribution in [0.3, 0.4) is 0 Å². The number of carbonyl (C=O) groups excluding carboxylic acids is 1. The quantitative estimate of drug-likeness (QED) is 0.200. The van der Waals surface area contributed by atoms with E-state index in [1.165, 1.54) is 31.5 Å². The van der Waals surface area contributed by atoms with Crippen molar-refractivity contribution < 1.29 is 23.9 Å². The van der Waals surface area contributed by atoms with E-state index in [4.69, 9.17) is 14.2 Å². The Hall–Kier alpha value is -4.26. The second-order valence-electron chi connectivity index (χ2n) is 5.74. The van der Waals surface area contributed by atoms with Gasteiger partial charge in [-0.05, 0) is 30.3 Å². The first-order valence-electron chi connectivity index (χ1n) is 8.72. The number of non-ortho nitro benzene ring substituents is 1. The minimum atomic E-state index is -0.687. The monoisotopic (exact) mass is 412 g/mol. The van der Waals surface area contributed by atoms with Gasteiger partial charge in [0, 0.05) is 18.8 Å². The first-order chi connectivity index (χ1) is 14.5. The van der Waals surface area contributed by atoms with Crippen molar-refractivity contribution in [2.45, 2.75) is 0 Å². The summed E-state index contributed by atoms with van der Waals surface area (Å²) in [6, 6.07) is 12.6. The van der Waals surface area contributed by atoms with Crippen LogP contribution in [0.1, 0.15) is 0 Å². The zero-order valence-corrected chi connectivity index (χ0v) is 16.4. The zero-order valence-electron chi connectivity index (χ0n) is 16.4. The van der Waals surface area contributed by atoms with Gasteiger partial charge >= 0.3 is 0 Å². The van der Waals surface area contributed by atoms with Crippen molar-refractivity contribution >= 4 is 17.3 Å². The van der Waals surface area contributed by atoms with E-state index in [1.54, 1.807) is 37.4 Å². The van der Waals surface area contributed by atoms with Crippen LogP contribution in [0, 0.1) is 21.4 Å². The lowest BCUT2D eigenvalue weighted by atomic mass is 10.2. The van der Waals surface area contributed by atoms with E-state index in [0.717, 1.165) is 5.75 Å². The molecule has 30 heavy (non-hydrogen) atoms. The number of nitro groups is 1. The average Bonchev–Trinajstić information content (AvgIpc) is 2.76. The van der Waals surface area contributed by atoms with Crippen molar-refractivity contribution in [2.75, 3.05) is 32.7 Å². The van der Waals surface area contributed by atoms with Gasteiger partial charge in [-0.3, -0.25) is 14.9 Å². The highest BCUT2D eigenvalue weighted by Gasteiger charge is 2.15. The molecule has 0 heterocycles. The fourth-order valence-electron chi connectivity index (χ4n) is 2.31. The van der Waals surface area contributed by atoms with E-state index in [9.17, 15) is 20.2 Å². The Labute approximate surface area is 172 Å². The zero-order chi connectivity index (χ0) is 21.9. The molecule has 0 spiro atoms. The third-order valence-corrected chi connectivity index (χ3v) is 3.83. The molecule has 1 amide bonds. The van der Waals surface area contributed by atoms with Gasteiger partial charge in [0.2, 0.25) is 0 Å². The van der Waals surface area contributed by atoms with Gasteiger partial charge < -0.3 is 24.8 Å². The number of hydrogen-bond acceptors (Lipinski definition) is 8. The Morgan fingerprint density at radius 2 is 1.87 bits per heavy atom. The molecule has 0 aliphatic carbocycles. The highest BCUT2D eigenvalue weighted by molar-refractivity contribution is 6.07. The number of anilines is 1. The number of nitrogens with zero attached hydrogens (tertiary/aromatic N) is 2. The maximum atomic E-state index is 12.3. The van der Waals surface area contributed by atoms with E-state index >= 15 is 0 Å². The highest BCUT2D eigenvalue weighted by atomic mass is 16.6. The Balaban J connectivity index is 1.90. The van der Waals surface area contributed by atoms with E-state index < -0.39 is 10.8 Å². The molecule has 10 nitrogen and oxygen atoms in total. The van der Waals surface area contributed by atoms with Crippen LogP contribution in [-0.4, -0.2) is 38.2 Å². The standard InChI is InChI=1S/C20H20N4O6/c1-28-16-4-6-17(7-5-16)30-10-9-22-13-14(12-21)20(25)23-18-8-3-15(24(26)27)11-19(18)29-2/h3-8,11,13,22H,9-10H2,1-2H3,(H,23,25)/b14-13-. The SMILES string of the molecule is COc1ccc(OCCN/C=C(/C#N)C(=O)Nc2ccc([N+](=O)[O-])cc2OC)cc1. The van der Waals surface area contributed by atoms with Crippen LogP contribution in [-0.2, 0) is 4.79 Å². The molecule has 0 fully saturated rings. The lowest BCUT2D eigenvalue weighted by molar-refractivity contribution is -0.384. The van der Waals surface area contributed by atoms with Gasteiger partial charge in [-0.1, -0.05) is 0 Å². The first kappa shape index (κ1) is 22.0. The van der Waals surface area contributed by atoms with Crippen LogP contribution in [0.4, 0.5) is 11.4 Å². The molecule has 0 saturated carbocycles. The highest BCUT2D eigenvalue weighted by Crippen LogP contribution is 2.29. The van der Waals surface area contributed by atoms with E-state index in [1.807, 2.05) is 0 Å². The lowest BCUT2D eigenvalue weighted by Gasteiger charge is -2.10. The molecule has 0 aliphatic heterocycles. The smallest absolute Gasteiger partial charge is 0.273 e. The summed E-state index contributed by atoms with van der Waals surface area (Å²) in [6.45, 7) is 0.657. The van der Waals surface area contributed by atoms with Crippen LogP contribution < -0.4 is 24.8 Å². The predicted octanol–water partition coefficient (Wildman–Crippen LogP) is 2.63. The van der Waals surface area contributed by atoms with Crippen molar-refractivity contribution in [3.05, 3.63) is 64.4 Å². The van der Waals surface area contributed by atoms with E-state index in [2.05, 4.69) is 10.6 Å². The van der Waals surface area contributed by atoms with Gasteiger partial charge in [-0.2, -0.15) is 5.26 Å². The molecule has 0 atom stereocenters. The second-order valence-corrected chi connectivity index (χ2v) is 5.74. The van der Waals surface area contributed by atoms with Crippen LogP contribution >= 0.6 is 0 Å². The molecule has 156 valence electrons. The summed E-state index contributed by atoms with van der Waals surface area (Å²) in [6.07, 6.45) is 1.27. The molecule has 2 aromatic rings. The average molecular weight is 412 g/mol. The molecule has 0 saturated heterocycles. The Morgan fingerprint density at radius 1 is 1.17 bits per heavy atom. The molecule has 0 bridgehead atoms. The molecule has 2 rings (SSSR count). The molecule has 0 radical (unpaired) electrons. The molecular formula is C20H20N4O6. The molecule has 10 heteroatoms. The van der Waals surface area contributed by atoms with Crippen molar-refractivity contribution in [2.24, 2.45) is 0 Å². The minimum Gasteiger partial charge on any atom is -0.497 e. The summed E-state index contributed by atoms with van der Waals surface area (Å²) in [5.41, 5.74) is -0.156. The molecule has 0 aliphatic rings. The fourth-order valence-corrected chi connectivity index (χ4v) is 2.31. The van der Waals surface area contributed by atoms with Gasteiger partial charge in [-0.25, -0.2) is 0 Å². The van der Waals surface area contributed by atoms with E-state index in [-0.39, 0.29) is 22.7 Å². The molecule has 0 unspecified atom stereocenters. The topological polar surface area (TPSA) is 136 Å². The third kappa shape index (κ3) is 6.13. The second kappa shape index (κ2) is 10.9. The number of nitrogens with one attached hydrogen (secondary N) is 2. The number of nitriles is 1. The number of rotatable bonds is 10. The summed E-state index contributed by atoms with van der Waals surface area (Å²) in [5, 5.41) is 25.4. The third-order valence-electron chi connectivity index (χ3n) is 3.83. The van der Waals surface area contributed by atoms with Crippen molar-refractivity contribution in [3.63, 3.8) is 0 Å².